The Morgan fingerprint density at radius 1 is 0.815 bits per heavy atom. The van der Waals surface area contributed by atoms with Gasteiger partial charge in [-0.05, 0) is 35.4 Å². The first-order valence-electron chi connectivity index (χ1n) is 8.44. The minimum Gasteiger partial charge on any atom is -0.505 e. The zero-order chi connectivity index (χ0) is 19.0. The van der Waals surface area contributed by atoms with Gasteiger partial charge in [0.15, 0.2) is 5.75 Å². The molecular formula is C22H16N2O3. The third-order valence-corrected chi connectivity index (χ3v) is 4.57. The van der Waals surface area contributed by atoms with Gasteiger partial charge in [-0.1, -0.05) is 54.6 Å². The fourth-order valence-electron chi connectivity index (χ4n) is 3.22. The fraction of sp³-hybridized carbons (Fsp3) is 0.0455. The molecule has 0 atom stereocenters. The van der Waals surface area contributed by atoms with Crippen molar-refractivity contribution in [3.63, 3.8) is 0 Å². The normalized spacial score (nSPS) is 11.4. The largest absolute Gasteiger partial charge is 0.505 e. The molecule has 0 fully saturated rings. The molecule has 0 saturated heterocycles. The van der Waals surface area contributed by atoms with Crippen molar-refractivity contribution in [2.75, 3.05) is 0 Å². The van der Waals surface area contributed by atoms with Crippen LogP contribution < -0.4 is 0 Å². The molecule has 132 valence electrons. The molecule has 0 radical (unpaired) electrons. The molecule has 0 aliphatic heterocycles. The first-order chi connectivity index (χ1) is 13.1. The monoisotopic (exact) mass is 356 g/mol. The van der Waals surface area contributed by atoms with Gasteiger partial charge in [0, 0.05) is 10.8 Å². The standard InChI is InChI=1S/C22H16N2O3/c1-13-12-15-7-3-5-9-17(15)21(25)19(13)23-24-20-16-8-4-2-6-14(16)10-11-18(20)22(26)27/h2-12,25H,1H3,(H,26,27). The average molecular weight is 356 g/mol. The summed E-state index contributed by atoms with van der Waals surface area (Å²) in [5.41, 5.74) is 1.42. The highest BCUT2D eigenvalue weighted by atomic mass is 16.4. The van der Waals surface area contributed by atoms with E-state index in [2.05, 4.69) is 10.2 Å². The van der Waals surface area contributed by atoms with E-state index in [0.717, 1.165) is 16.3 Å². The maximum Gasteiger partial charge on any atom is 0.337 e. The molecular weight excluding hydrogens is 340 g/mol. The van der Waals surface area contributed by atoms with Gasteiger partial charge < -0.3 is 10.2 Å². The van der Waals surface area contributed by atoms with Gasteiger partial charge in [0.05, 0.1) is 5.56 Å². The number of benzene rings is 4. The second-order valence-electron chi connectivity index (χ2n) is 6.30. The first-order valence-corrected chi connectivity index (χ1v) is 8.44. The van der Waals surface area contributed by atoms with E-state index >= 15 is 0 Å². The summed E-state index contributed by atoms with van der Waals surface area (Å²) in [4.78, 5) is 11.6. The highest BCUT2D eigenvalue weighted by Crippen LogP contribution is 2.39. The third kappa shape index (κ3) is 2.89. The number of carboxylic acid groups (broad SMARTS) is 1. The average Bonchev–Trinajstić information content (AvgIpc) is 2.67. The Morgan fingerprint density at radius 2 is 1.44 bits per heavy atom. The van der Waals surface area contributed by atoms with Gasteiger partial charge in [-0.3, -0.25) is 0 Å². The van der Waals surface area contributed by atoms with Crippen molar-refractivity contribution in [1.29, 1.82) is 0 Å². The molecule has 0 amide bonds. The molecule has 4 aromatic carbocycles. The SMILES string of the molecule is Cc1cc2ccccc2c(O)c1N=Nc1c(C(=O)O)ccc2ccccc12. The Balaban J connectivity index is 1.93. The van der Waals surface area contributed by atoms with Gasteiger partial charge in [-0.25, -0.2) is 4.79 Å². The fourth-order valence-corrected chi connectivity index (χ4v) is 3.22. The molecule has 0 saturated carbocycles. The number of aromatic carboxylic acids is 1. The summed E-state index contributed by atoms with van der Waals surface area (Å²) in [6.45, 7) is 1.84. The number of phenolic OH excluding ortho intramolecular Hbond substituents is 1. The first kappa shape index (κ1) is 16.7. The lowest BCUT2D eigenvalue weighted by molar-refractivity contribution is 0.0698. The van der Waals surface area contributed by atoms with E-state index in [-0.39, 0.29) is 17.0 Å². The summed E-state index contributed by atoms with van der Waals surface area (Å²) in [6, 6.07) is 20.0. The van der Waals surface area contributed by atoms with Crippen molar-refractivity contribution in [2.24, 2.45) is 10.2 Å². The van der Waals surface area contributed by atoms with E-state index in [9.17, 15) is 15.0 Å². The lowest BCUT2D eigenvalue weighted by Gasteiger charge is -2.08. The number of rotatable bonds is 3. The molecule has 5 heteroatoms. The number of carbonyl (C=O) groups is 1. The van der Waals surface area contributed by atoms with Crippen LogP contribution >= 0.6 is 0 Å². The van der Waals surface area contributed by atoms with Gasteiger partial charge in [-0.15, -0.1) is 10.2 Å². The molecule has 0 unspecified atom stereocenters. The molecule has 4 rings (SSSR count). The summed E-state index contributed by atoms with van der Waals surface area (Å²) in [5, 5.41) is 31.8. The number of fused-ring (bicyclic) bond motifs is 2. The molecule has 4 aromatic rings. The smallest absolute Gasteiger partial charge is 0.337 e. The van der Waals surface area contributed by atoms with E-state index in [1.165, 1.54) is 6.07 Å². The lowest BCUT2D eigenvalue weighted by Crippen LogP contribution is -1.96. The topological polar surface area (TPSA) is 82.2 Å². The van der Waals surface area contributed by atoms with E-state index < -0.39 is 5.97 Å². The van der Waals surface area contributed by atoms with Crippen LogP contribution in [-0.2, 0) is 0 Å². The van der Waals surface area contributed by atoms with Gasteiger partial charge >= 0.3 is 5.97 Å². The minimum atomic E-state index is -1.07. The number of carboxylic acids is 1. The highest BCUT2D eigenvalue weighted by Gasteiger charge is 2.14. The van der Waals surface area contributed by atoms with Crippen LogP contribution in [0.1, 0.15) is 15.9 Å². The molecule has 0 heterocycles. The summed E-state index contributed by atoms with van der Waals surface area (Å²) in [7, 11) is 0. The molecule has 0 aliphatic rings. The Morgan fingerprint density at radius 3 is 2.19 bits per heavy atom. The van der Waals surface area contributed by atoms with E-state index in [0.29, 0.717) is 16.5 Å². The van der Waals surface area contributed by atoms with Crippen LogP contribution in [0, 0.1) is 6.92 Å². The number of aromatic hydroxyl groups is 1. The Hall–Kier alpha value is -3.73. The van der Waals surface area contributed by atoms with E-state index in [1.54, 1.807) is 6.07 Å². The van der Waals surface area contributed by atoms with Crippen molar-refractivity contribution >= 4 is 38.9 Å². The quantitative estimate of drug-likeness (QED) is 0.434. The van der Waals surface area contributed by atoms with Crippen LogP contribution in [0.5, 0.6) is 5.75 Å². The van der Waals surface area contributed by atoms with Crippen LogP contribution in [0.25, 0.3) is 21.5 Å². The summed E-state index contributed by atoms with van der Waals surface area (Å²) >= 11 is 0. The molecule has 0 aliphatic carbocycles. The van der Waals surface area contributed by atoms with Crippen molar-refractivity contribution in [3.8, 4) is 5.75 Å². The molecule has 0 bridgehead atoms. The van der Waals surface area contributed by atoms with Crippen LogP contribution in [-0.4, -0.2) is 16.2 Å². The molecule has 0 spiro atoms. The van der Waals surface area contributed by atoms with Crippen molar-refractivity contribution < 1.29 is 15.0 Å². The Bertz CT molecular complexity index is 1230. The summed E-state index contributed by atoms with van der Waals surface area (Å²) in [6.07, 6.45) is 0. The van der Waals surface area contributed by atoms with Crippen LogP contribution in [0.15, 0.2) is 77.0 Å². The second-order valence-corrected chi connectivity index (χ2v) is 6.30. The van der Waals surface area contributed by atoms with Gasteiger partial charge in [0.2, 0.25) is 0 Å². The molecule has 5 nitrogen and oxygen atoms in total. The van der Waals surface area contributed by atoms with Crippen LogP contribution in [0.4, 0.5) is 11.4 Å². The van der Waals surface area contributed by atoms with Crippen molar-refractivity contribution in [1.82, 2.24) is 0 Å². The van der Waals surface area contributed by atoms with Gasteiger partial charge in [0.1, 0.15) is 11.4 Å². The van der Waals surface area contributed by atoms with Gasteiger partial charge in [-0.2, -0.15) is 0 Å². The Labute approximate surface area is 155 Å². The number of phenols is 1. The lowest BCUT2D eigenvalue weighted by atomic mass is 10.0. The van der Waals surface area contributed by atoms with Crippen molar-refractivity contribution in [3.05, 3.63) is 77.9 Å². The number of nitrogens with zero attached hydrogens (tertiary/aromatic N) is 2. The van der Waals surface area contributed by atoms with Crippen molar-refractivity contribution in [2.45, 2.75) is 6.92 Å². The minimum absolute atomic E-state index is 0.0338. The number of azo groups is 1. The Kier molecular flexibility index (Phi) is 4.05. The zero-order valence-electron chi connectivity index (χ0n) is 14.5. The molecule has 27 heavy (non-hydrogen) atoms. The second kappa shape index (κ2) is 6.53. The highest BCUT2D eigenvalue weighted by molar-refractivity contribution is 6.04. The summed E-state index contributed by atoms with van der Waals surface area (Å²) in [5.74, 6) is -1.04. The maximum absolute atomic E-state index is 11.6. The number of hydrogen-bond donors (Lipinski definition) is 2. The summed E-state index contributed by atoms with van der Waals surface area (Å²) < 4.78 is 0. The van der Waals surface area contributed by atoms with Crippen LogP contribution in [0.2, 0.25) is 0 Å². The molecule has 2 N–H and O–H groups in total. The predicted molar refractivity (Wildman–Crippen MR) is 105 cm³/mol. The molecule has 0 aromatic heterocycles. The predicted octanol–water partition coefficient (Wildman–Crippen LogP) is 6.12. The van der Waals surface area contributed by atoms with E-state index in [1.807, 2.05) is 61.5 Å². The maximum atomic E-state index is 11.6. The van der Waals surface area contributed by atoms with Crippen LogP contribution in [0.3, 0.4) is 0 Å². The number of aryl methyl sites for hydroxylation is 1. The van der Waals surface area contributed by atoms with E-state index in [4.69, 9.17) is 0 Å². The van der Waals surface area contributed by atoms with Gasteiger partial charge in [0.25, 0.3) is 0 Å². The number of hydrogen-bond acceptors (Lipinski definition) is 4. The third-order valence-electron chi connectivity index (χ3n) is 4.57. The zero-order valence-corrected chi connectivity index (χ0v) is 14.5.